The number of benzene rings is 1. The Kier molecular flexibility index (Phi) is 2.90. The van der Waals surface area contributed by atoms with Gasteiger partial charge in [0.2, 0.25) is 0 Å². The summed E-state index contributed by atoms with van der Waals surface area (Å²) in [5.41, 5.74) is 7.21. The first-order valence-corrected chi connectivity index (χ1v) is 4.17. The van der Waals surface area contributed by atoms with Crippen LogP contribution in [0.2, 0.25) is 0 Å². The quantitative estimate of drug-likeness (QED) is 0.691. The highest BCUT2D eigenvalue weighted by molar-refractivity contribution is 5.69. The summed E-state index contributed by atoms with van der Waals surface area (Å²) in [6, 6.07) is 7.28. The van der Waals surface area contributed by atoms with Gasteiger partial charge in [-0.25, -0.2) is 0 Å². The molecule has 0 bridgehead atoms. The average molecular weight is 179 g/mol. The van der Waals surface area contributed by atoms with E-state index in [4.69, 9.17) is 10.8 Å². The van der Waals surface area contributed by atoms with Crippen molar-refractivity contribution >= 4 is 11.7 Å². The van der Waals surface area contributed by atoms with E-state index in [0.29, 0.717) is 12.1 Å². The number of anilines is 1. The van der Waals surface area contributed by atoms with E-state index in [1.807, 2.05) is 12.1 Å². The Hall–Kier alpha value is -1.51. The molecule has 3 N–H and O–H groups in total. The van der Waals surface area contributed by atoms with Crippen LogP contribution in [0, 0.1) is 5.92 Å². The van der Waals surface area contributed by atoms with Gasteiger partial charge in [-0.3, -0.25) is 4.79 Å². The summed E-state index contributed by atoms with van der Waals surface area (Å²) in [5.74, 6) is -1.11. The van der Waals surface area contributed by atoms with Gasteiger partial charge in [-0.05, 0) is 24.1 Å². The Balaban J connectivity index is 2.64. The molecule has 0 saturated carbocycles. The number of rotatable bonds is 3. The molecule has 0 heterocycles. The Bertz CT molecular complexity index is 292. The maximum atomic E-state index is 10.5. The molecular formula is C10H13NO2. The number of carboxylic acids is 1. The summed E-state index contributed by atoms with van der Waals surface area (Å²) in [5, 5.41) is 8.67. The minimum Gasteiger partial charge on any atom is -0.481 e. The SMILES string of the molecule is CC(Cc1ccc(N)cc1)C(=O)O. The molecule has 0 spiro atoms. The van der Waals surface area contributed by atoms with Gasteiger partial charge < -0.3 is 10.8 Å². The molecule has 0 radical (unpaired) electrons. The predicted molar refractivity (Wildman–Crippen MR) is 51.4 cm³/mol. The first-order valence-electron chi connectivity index (χ1n) is 4.17. The van der Waals surface area contributed by atoms with Gasteiger partial charge in [0.1, 0.15) is 0 Å². The van der Waals surface area contributed by atoms with Gasteiger partial charge in [-0.2, -0.15) is 0 Å². The van der Waals surface area contributed by atoms with Crippen molar-refractivity contribution in [3.8, 4) is 0 Å². The summed E-state index contributed by atoms with van der Waals surface area (Å²) in [6.45, 7) is 1.69. The standard InChI is InChI=1S/C10H13NO2/c1-7(10(12)13)6-8-2-4-9(11)5-3-8/h2-5,7H,6,11H2,1H3,(H,12,13). The predicted octanol–water partition coefficient (Wildman–Crippen LogP) is 1.53. The van der Waals surface area contributed by atoms with Gasteiger partial charge in [0.05, 0.1) is 5.92 Å². The molecule has 0 amide bonds. The van der Waals surface area contributed by atoms with Crippen LogP contribution in [0.1, 0.15) is 12.5 Å². The molecule has 0 aromatic heterocycles. The van der Waals surface area contributed by atoms with E-state index in [2.05, 4.69) is 0 Å². The van der Waals surface area contributed by atoms with Crippen molar-refractivity contribution in [3.63, 3.8) is 0 Å². The number of hydrogen-bond donors (Lipinski definition) is 2. The number of carboxylic acid groups (broad SMARTS) is 1. The van der Waals surface area contributed by atoms with E-state index in [1.165, 1.54) is 0 Å². The van der Waals surface area contributed by atoms with Crippen LogP contribution < -0.4 is 5.73 Å². The molecule has 3 nitrogen and oxygen atoms in total. The lowest BCUT2D eigenvalue weighted by Gasteiger charge is -2.05. The fourth-order valence-corrected chi connectivity index (χ4v) is 1.09. The first-order chi connectivity index (χ1) is 6.09. The third kappa shape index (κ3) is 2.78. The normalized spacial score (nSPS) is 12.4. The lowest BCUT2D eigenvalue weighted by molar-refractivity contribution is -0.141. The van der Waals surface area contributed by atoms with E-state index >= 15 is 0 Å². The Labute approximate surface area is 77.2 Å². The molecular weight excluding hydrogens is 166 g/mol. The number of carbonyl (C=O) groups is 1. The minimum atomic E-state index is -0.767. The van der Waals surface area contributed by atoms with Crippen LogP contribution in [0.15, 0.2) is 24.3 Å². The summed E-state index contributed by atoms with van der Waals surface area (Å²) < 4.78 is 0. The Morgan fingerprint density at radius 2 is 2.00 bits per heavy atom. The van der Waals surface area contributed by atoms with Crippen molar-refractivity contribution in [2.75, 3.05) is 5.73 Å². The second-order valence-electron chi connectivity index (χ2n) is 3.18. The second-order valence-corrected chi connectivity index (χ2v) is 3.18. The Morgan fingerprint density at radius 1 is 1.46 bits per heavy atom. The smallest absolute Gasteiger partial charge is 0.306 e. The van der Waals surface area contributed by atoms with Crippen LogP contribution in [-0.4, -0.2) is 11.1 Å². The molecule has 1 atom stereocenters. The van der Waals surface area contributed by atoms with Gasteiger partial charge >= 0.3 is 5.97 Å². The number of hydrogen-bond acceptors (Lipinski definition) is 2. The molecule has 3 heteroatoms. The van der Waals surface area contributed by atoms with E-state index in [1.54, 1.807) is 19.1 Å². The van der Waals surface area contributed by atoms with Crippen molar-refractivity contribution in [2.24, 2.45) is 5.92 Å². The van der Waals surface area contributed by atoms with E-state index in [0.717, 1.165) is 5.56 Å². The van der Waals surface area contributed by atoms with Crippen LogP contribution in [0.4, 0.5) is 5.69 Å². The maximum absolute atomic E-state index is 10.5. The molecule has 1 aromatic carbocycles. The highest BCUT2D eigenvalue weighted by Gasteiger charge is 2.10. The van der Waals surface area contributed by atoms with Crippen LogP contribution in [0.5, 0.6) is 0 Å². The van der Waals surface area contributed by atoms with Gasteiger partial charge in [-0.1, -0.05) is 19.1 Å². The fourth-order valence-electron chi connectivity index (χ4n) is 1.09. The van der Waals surface area contributed by atoms with Crippen LogP contribution >= 0.6 is 0 Å². The first kappa shape index (κ1) is 9.58. The van der Waals surface area contributed by atoms with E-state index in [-0.39, 0.29) is 5.92 Å². The minimum absolute atomic E-state index is 0.344. The lowest BCUT2D eigenvalue weighted by atomic mass is 10.0. The highest BCUT2D eigenvalue weighted by Crippen LogP contribution is 2.10. The van der Waals surface area contributed by atoms with E-state index in [9.17, 15) is 4.79 Å². The van der Waals surface area contributed by atoms with Crippen LogP contribution in [0.25, 0.3) is 0 Å². The summed E-state index contributed by atoms with van der Waals surface area (Å²) in [7, 11) is 0. The van der Waals surface area contributed by atoms with Crippen molar-refractivity contribution in [1.29, 1.82) is 0 Å². The van der Waals surface area contributed by atoms with Gasteiger partial charge in [0, 0.05) is 5.69 Å². The maximum Gasteiger partial charge on any atom is 0.306 e. The molecule has 1 aromatic rings. The summed E-state index contributed by atoms with van der Waals surface area (Å²) in [4.78, 5) is 10.5. The second kappa shape index (κ2) is 3.94. The van der Waals surface area contributed by atoms with Crippen molar-refractivity contribution < 1.29 is 9.90 Å². The van der Waals surface area contributed by atoms with Crippen LogP contribution in [0.3, 0.4) is 0 Å². The van der Waals surface area contributed by atoms with Crippen molar-refractivity contribution in [1.82, 2.24) is 0 Å². The van der Waals surface area contributed by atoms with Gasteiger partial charge in [0.25, 0.3) is 0 Å². The summed E-state index contributed by atoms with van der Waals surface area (Å²) in [6.07, 6.45) is 0.551. The zero-order chi connectivity index (χ0) is 9.84. The third-order valence-electron chi connectivity index (χ3n) is 1.94. The number of nitrogen functional groups attached to an aromatic ring is 1. The van der Waals surface area contributed by atoms with Crippen molar-refractivity contribution in [3.05, 3.63) is 29.8 Å². The topological polar surface area (TPSA) is 63.3 Å². The van der Waals surface area contributed by atoms with Crippen LogP contribution in [-0.2, 0) is 11.2 Å². The zero-order valence-electron chi connectivity index (χ0n) is 7.53. The average Bonchev–Trinajstić information content (AvgIpc) is 2.08. The monoisotopic (exact) mass is 179 g/mol. The van der Waals surface area contributed by atoms with Gasteiger partial charge in [-0.15, -0.1) is 0 Å². The highest BCUT2D eigenvalue weighted by atomic mass is 16.4. The molecule has 0 aliphatic rings. The molecule has 0 saturated heterocycles. The molecule has 0 aliphatic carbocycles. The van der Waals surface area contributed by atoms with Gasteiger partial charge in [0.15, 0.2) is 0 Å². The number of aliphatic carboxylic acids is 1. The zero-order valence-corrected chi connectivity index (χ0v) is 7.53. The largest absolute Gasteiger partial charge is 0.481 e. The van der Waals surface area contributed by atoms with Crippen molar-refractivity contribution in [2.45, 2.75) is 13.3 Å². The molecule has 1 unspecified atom stereocenters. The lowest BCUT2D eigenvalue weighted by Crippen LogP contribution is -2.12. The summed E-state index contributed by atoms with van der Waals surface area (Å²) >= 11 is 0. The van der Waals surface area contributed by atoms with E-state index < -0.39 is 5.97 Å². The molecule has 70 valence electrons. The molecule has 13 heavy (non-hydrogen) atoms. The third-order valence-corrected chi connectivity index (χ3v) is 1.94. The molecule has 0 fully saturated rings. The fraction of sp³-hybridized carbons (Fsp3) is 0.300. The Morgan fingerprint density at radius 3 is 2.46 bits per heavy atom. The molecule has 1 rings (SSSR count). The molecule has 0 aliphatic heterocycles. The number of nitrogens with two attached hydrogens (primary N) is 1.